The largest absolute Gasteiger partial charge is 0.494 e. The molecule has 1 unspecified atom stereocenters. The van der Waals surface area contributed by atoms with Gasteiger partial charge < -0.3 is 9.84 Å². The van der Waals surface area contributed by atoms with Crippen molar-refractivity contribution in [2.24, 2.45) is 0 Å². The molecule has 0 amide bonds. The number of benzene rings is 1. The first-order chi connectivity index (χ1) is 8.22. The van der Waals surface area contributed by atoms with Crippen LogP contribution in [0.15, 0.2) is 35.0 Å². The van der Waals surface area contributed by atoms with Gasteiger partial charge in [0.2, 0.25) is 0 Å². The van der Waals surface area contributed by atoms with Crippen LogP contribution in [0.25, 0.3) is 0 Å². The Morgan fingerprint density at radius 1 is 1.24 bits per heavy atom. The lowest BCUT2D eigenvalue weighted by atomic mass is 10.0. The summed E-state index contributed by atoms with van der Waals surface area (Å²) in [6, 6.07) is 7.60. The van der Waals surface area contributed by atoms with Gasteiger partial charge in [0, 0.05) is 0 Å². The Hall–Kier alpha value is -1.32. The summed E-state index contributed by atoms with van der Waals surface area (Å²) in [5, 5.41) is 14.3. The van der Waals surface area contributed by atoms with Gasteiger partial charge in [0.05, 0.1) is 6.61 Å². The standard InChI is InChI=1S/C14H16O2S/c1-3-16-12-6-4-11(5-7-12)14(15)13-9-17-8-10(13)2/h4-9,14-15H,3H2,1-2H3. The molecule has 2 rings (SSSR count). The number of thiophene rings is 1. The molecule has 0 saturated carbocycles. The molecular formula is C14H16O2S. The zero-order valence-corrected chi connectivity index (χ0v) is 10.8. The van der Waals surface area contributed by atoms with Crippen molar-refractivity contribution in [1.29, 1.82) is 0 Å². The second-order valence-electron chi connectivity index (χ2n) is 3.91. The van der Waals surface area contributed by atoms with E-state index in [9.17, 15) is 5.11 Å². The fourth-order valence-electron chi connectivity index (χ4n) is 1.74. The first-order valence-electron chi connectivity index (χ1n) is 5.66. The maximum Gasteiger partial charge on any atom is 0.119 e. The minimum absolute atomic E-state index is 0.545. The number of aliphatic hydroxyl groups excluding tert-OH is 1. The Morgan fingerprint density at radius 3 is 2.47 bits per heavy atom. The Kier molecular flexibility index (Phi) is 3.82. The average molecular weight is 248 g/mol. The molecule has 0 radical (unpaired) electrons. The van der Waals surface area contributed by atoms with Crippen molar-refractivity contribution in [3.63, 3.8) is 0 Å². The molecular weight excluding hydrogens is 232 g/mol. The first-order valence-corrected chi connectivity index (χ1v) is 6.60. The van der Waals surface area contributed by atoms with E-state index < -0.39 is 6.10 Å². The Balaban J connectivity index is 2.20. The quantitative estimate of drug-likeness (QED) is 0.896. The van der Waals surface area contributed by atoms with Gasteiger partial charge in [-0.3, -0.25) is 0 Å². The highest BCUT2D eigenvalue weighted by atomic mass is 32.1. The summed E-state index contributed by atoms with van der Waals surface area (Å²) in [5.74, 6) is 0.838. The summed E-state index contributed by atoms with van der Waals surface area (Å²) in [5.41, 5.74) is 3.02. The van der Waals surface area contributed by atoms with Crippen molar-refractivity contribution in [2.45, 2.75) is 20.0 Å². The normalized spacial score (nSPS) is 12.4. The molecule has 17 heavy (non-hydrogen) atoms. The van der Waals surface area contributed by atoms with Crippen LogP contribution in [0, 0.1) is 6.92 Å². The van der Waals surface area contributed by atoms with E-state index in [1.165, 1.54) is 0 Å². The van der Waals surface area contributed by atoms with Crippen LogP contribution in [-0.4, -0.2) is 11.7 Å². The Labute approximate surface area is 105 Å². The molecule has 2 nitrogen and oxygen atoms in total. The SMILES string of the molecule is CCOc1ccc(C(O)c2cscc2C)cc1. The number of hydrogen-bond donors (Lipinski definition) is 1. The summed E-state index contributed by atoms with van der Waals surface area (Å²) in [7, 11) is 0. The van der Waals surface area contributed by atoms with Gasteiger partial charge >= 0.3 is 0 Å². The molecule has 0 aliphatic carbocycles. The van der Waals surface area contributed by atoms with E-state index in [-0.39, 0.29) is 0 Å². The van der Waals surface area contributed by atoms with Crippen molar-refractivity contribution in [1.82, 2.24) is 0 Å². The molecule has 1 N–H and O–H groups in total. The van der Waals surface area contributed by atoms with Crippen LogP contribution in [0.5, 0.6) is 5.75 Å². The highest BCUT2D eigenvalue weighted by Gasteiger charge is 2.13. The maximum atomic E-state index is 10.2. The van der Waals surface area contributed by atoms with Gasteiger partial charge in [0.1, 0.15) is 11.9 Å². The fraction of sp³-hybridized carbons (Fsp3) is 0.286. The number of ether oxygens (including phenoxy) is 1. The highest BCUT2D eigenvalue weighted by molar-refractivity contribution is 7.08. The monoisotopic (exact) mass is 248 g/mol. The van der Waals surface area contributed by atoms with Crippen LogP contribution < -0.4 is 4.74 Å². The third kappa shape index (κ3) is 2.68. The molecule has 0 bridgehead atoms. The summed E-state index contributed by atoms with van der Waals surface area (Å²) < 4.78 is 5.38. The third-order valence-electron chi connectivity index (χ3n) is 2.70. The highest BCUT2D eigenvalue weighted by Crippen LogP contribution is 2.28. The second-order valence-corrected chi connectivity index (χ2v) is 4.66. The number of rotatable bonds is 4. The summed E-state index contributed by atoms with van der Waals surface area (Å²) >= 11 is 1.62. The number of hydrogen-bond acceptors (Lipinski definition) is 3. The van der Waals surface area contributed by atoms with E-state index in [0.29, 0.717) is 6.61 Å². The van der Waals surface area contributed by atoms with Gasteiger partial charge in [0.25, 0.3) is 0 Å². The van der Waals surface area contributed by atoms with E-state index in [1.807, 2.05) is 48.9 Å². The molecule has 1 aromatic carbocycles. The zero-order valence-electron chi connectivity index (χ0n) is 10.0. The average Bonchev–Trinajstić information content (AvgIpc) is 2.76. The summed E-state index contributed by atoms with van der Waals surface area (Å²) in [4.78, 5) is 0. The molecule has 3 heteroatoms. The van der Waals surface area contributed by atoms with E-state index in [4.69, 9.17) is 4.74 Å². The van der Waals surface area contributed by atoms with Crippen LogP contribution in [0.1, 0.15) is 29.7 Å². The van der Waals surface area contributed by atoms with Gasteiger partial charge in [-0.1, -0.05) is 12.1 Å². The second kappa shape index (κ2) is 5.34. The van der Waals surface area contributed by atoms with Gasteiger partial charge in [0.15, 0.2) is 0 Å². The maximum absolute atomic E-state index is 10.2. The van der Waals surface area contributed by atoms with Crippen molar-refractivity contribution < 1.29 is 9.84 Å². The van der Waals surface area contributed by atoms with Crippen molar-refractivity contribution in [3.8, 4) is 5.75 Å². The van der Waals surface area contributed by atoms with Gasteiger partial charge in [-0.25, -0.2) is 0 Å². The van der Waals surface area contributed by atoms with Crippen molar-refractivity contribution in [2.75, 3.05) is 6.61 Å². The third-order valence-corrected chi connectivity index (χ3v) is 3.58. The number of aryl methyl sites for hydroxylation is 1. The predicted molar refractivity (Wildman–Crippen MR) is 70.7 cm³/mol. The molecule has 0 saturated heterocycles. The molecule has 0 spiro atoms. The van der Waals surface area contributed by atoms with Gasteiger partial charge in [-0.2, -0.15) is 11.3 Å². The lowest BCUT2D eigenvalue weighted by Gasteiger charge is -2.11. The molecule has 1 heterocycles. The zero-order chi connectivity index (χ0) is 12.3. The summed E-state index contributed by atoms with van der Waals surface area (Å²) in [6.45, 7) is 4.63. The minimum atomic E-state index is -0.545. The van der Waals surface area contributed by atoms with E-state index in [1.54, 1.807) is 11.3 Å². The molecule has 90 valence electrons. The molecule has 0 aliphatic heterocycles. The van der Waals surface area contributed by atoms with E-state index >= 15 is 0 Å². The predicted octanol–water partition coefficient (Wildman–Crippen LogP) is 3.54. The lowest BCUT2D eigenvalue weighted by Crippen LogP contribution is -2.00. The Morgan fingerprint density at radius 2 is 1.94 bits per heavy atom. The molecule has 2 aromatic rings. The fourth-order valence-corrected chi connectivity index (χ4v) is 2.61. The molecule has 0 fully saturated rings. The summed E-state index contributed by atoms with van der Waals surface area (Å²) in [6.07, 6.45) is -0.545. The van der Waals surface area contributed by atoms with Gasteiger partial charge in [-0.05, 0) is 53.4 Å². The molecule has 1 atom stereocenters. The Bertz CT molecular complexity index is 473. The first kappa shape index (κ1) is 12.1. The molecule has 0 aliphatic rings. The van der Waals surface area contributed by atoms with Crippen LogP contribution in [0.3, 0.4) is 0 Å². The molecule has 1 aromatic heterocycles. The van der Waals surface area contributed by atoms with E-state index in [2.05, 4.69) is 0 Å². The van der Waals surface area contributed by atoms with Crippen LogP contribution in [0.2, 0.25) is 0 Å². The van der Waals surface area contributed by atoms with Crippen molar-refractivity contribution in [3.05, 3.63) is 51.7 Å². The van der Waals surface area contributed by atoms with E-state index in [0.717, 1.165) is 22.4 Å². The van der Waals surface area contributed by atoms with Crippen LogP contribution in [0.4, 0.5) is 0 Å². The van der Waals surface area contributed by atoms with Crippen molar-refractivity contribution >= 4 is 11.3 Å². The van der Waals surface area contributed by atoms with Crippen LogP contribution >= 0.6 is 11.3 Å². The van der Waals surface area contributed by atoms with Gasteiger partial charge in [-0.15, -0.1) is 0 Å². The smallest absolute Gasteiger partial charge is 0.119 e. The van der Waals surface area contributed by atoms with Crippen LogP contribution in [-0.2, 0) is 0 Å². The minimum Gasteiger partial charge on any atom is -0.494 e. The lowest BCUT2D eigenvalue weighted by molar-refractivity contribution is 0.220. The topological polar surface area (TPSA) is 29.5 Å². The number of aliphatic hydroxyl groups is 1.